The highest BCUT2D eigenvalue weighted by molar-refractivity contribution is 6.32. The predicted molar refractivity (Wildman–Crippen MR) is 65.0 cm³/mol. The highest BCUT2D eigenvalue weighted by Crippen LogP contribution is 2.30. The number of phenolic OH excluding ortho intramolecular Hbond substituents is 1. The highest BCUT2D eigenvalue weighted by atomic mass is 35.5. The molecule has 88 valence electrons. The van der Waals surface area contributed by atoms with Crippen LogP contribution in [-0.2, 0) is 0 Å². The Morgan fingerprint density at radius 3 is 2.71 bits per heavy atom. The molecule has 1 N–H and O–H groups in total. The van der Waals surface area contributed by atoms with Gasteiger partial charge in [0.15, 0.2) is 5.78 Å². The lowest BCUT2D eigenvalue weighted by Gasteiger charge is -2.07. The third-order valence-corrected chi connectivity index (χ3v) is 2.72. The second-order valence-electron chi connectivity index (χ2n) is 3.60. The first-order valence-electron chi connectivity index (χ1n) is 4.91. The normalized spacial score (nSPS) is 10.5. The molecule has 0 saturated heterocycles. The standard InChI is InChI=1S/C12H10ClNO3/c1-6(15)8-3-7-4-9(13)11(16)5-10(7)14-12(8)17-2/h3-5,16H,1-2H3. The molecule has 1 aromatic heterocycles. The largest absolute Gasteiger partial charge is 0.506 e. The predicted octanol–water partition coefficient (Wildman–Crippen LogP) is 2.81. The van der Waals surface area contributed by atoms with Gasteiger partial charge in [0.2, 0.25) is 5.88 Å². The van der Waals surface area contributed by atoms with Crippen LogP contribution in [-0.4, -0.2) is 23.0 Å². The summed E-state index contributed by atoms with van der Waals surface area (Å²) in [5.41, 5.74) is 0.913. The molecule has 5 heteroatoms. The van der Waals surface area contributed by atoms with Crippen molar-refractivity contribution in [1.82, 2.24) is 4.98 Å². The highest BCUT2D eigenvalue weighted by Gasteiger charge is 2.12. The van der Waals surface area contributed by atoms with Crippen LogP contribution in [0.4, 0.5) is 0 Å². The number of carbonyl (C=O) groups is 1. The first-order chi connectivity index (χ1) is 8.02. The van der Waals surface area contributed by atoms with Crippen LogP contribution in [0.25, 0.3) is 10.9 Å². The third-order valence-electron chi connectivity index (χ3n) is 2.42. The number of hydrogen-bond donors (Lipinski definition) is 1. The topological polar surface area (TPSA) is 59.4 Å². The van der Waals surface area contributed by atoms with Crippen molar-refractivity contribution in [2.24, 2.45) is 0 Å². The SMILES string of the molecule is COc1nc2cc(O)c(Cl)cc2cc1C(C)=O. The number of Topliss-reactive ketones (excluding diaryl/α,β-unsaturated/α-hetero) is 1. The summed E-state index contributed by atoms with van der Waals surface area (Å²) in [6.07, 6.45) is 0. The number of methoxy groups -OCH3 is 1. The van der Waals surface area contributed by atoms with Gasteiger partial charge in [-0.25, -0.2) is 4.98 Å². The fourth-order valence-electron chi connectivity index (χ4n) is 1.57. The van der Waals surface area contributed by atoms with Gasteiger partial charge in [-0.2, -0.15) is 0 Å². The maximum absolute atomic E-state index is 11.4. The molecule has 17 heavy (non-hydrogen) atoms. The van der Waals surface area contributed by atoms with Crippen LogP contribution < -0.4 is 4.74 Å². The Hall–Kier alpha value is -1.81. The smallest absolute Gasteiger partial charge is 0.224 e. The first-order valence-corrected chi connectivity index (χ1v) is 5.29. The number of aromatic nitrogens is 1. The van der Waals surface area contributed by atoms with Crippen molar-refractivity contribution in [1.29, 1.82) is 0 Å². The lowest BCUT2D eigenvalue weighted by molar-refractivity contribution is 0.101. The van der Waals surface area contributed by atoms with Gasteiger partial charge in [-0.15, -0.1) is 0 Å². The molecule has 2 aromatic rings. The molecule has 0 aliphatic carbocycles. The zero-order valence-electron chi connectivity index (χ0n) is 9.32. The Labute approximate surface area is 103 Å². The Morgan fingerprint density at radius 2 is 2.12 bits per heavy atom. The fraction of sp³-hybridized carbons (Fsp3) is 0.167. The van der Waals surface area contributed by atoms with E-state index in [0.29, 0.717) is 16.5 Å². The summed E-state index contributed by atoms with van der Waals surface area (Å²) < 4.78 is 5.04. The number of rotatable bonds is 2. The number of nitrogens with zero attached hydrogens (tertiary/aromatic N) is 1. The van der Waals surface area contributed by atoms with Crippen LogP contribution in [0, 0.1) is 0 Å². The summed E-state index contributed by atoms with van der Waals surface area (Å²) >= 11 is 5.80. The zero-order chi connectivity index (χ0) is 12.6. The maximum atomic E-state index is 11.4. The number of halogens is 1. The van der Waals surface area contributed by atoms with Gasteiger partial charge in [0.1, 0.15) is 5.75 Å². The van der Waals surface area contributed by atoms with E-state index in [-0.39, 0.29) is 22.4 Å². The Bertz CT molecular complexity index is 610. The maximum Gasteiger partial charge on any atom is 0.224 e. The zero-order valence-corrected chi connectivity index (χ0v) is 10.1. The van der Waals surface area contributed by atoms with E-state index >= 15 is 0 Å². The number of hydrogen-bond acceptors (Lipinski definition) is 4. The number of ether oxygens (including phenoxy) is 1. The van der Waals surface area contributed by atoms with E-state index < -0.39 is 0 Å². The molecule has 2 rings (SSSR count). The number of pyridine rings is 1. The monoisotopic (exact) mass is 251 g/mol. The van der Waals surface area contributed by atoms with Crippen LogP contribution in [0.5, 0.6) is 11.6 Å². The van der Waals surface area contributed by atoms with E-state index in [1.54, 1.807) is 12.1 Å². The minimum absolute atomic E-state index is 0.0516. The summed E-state index contributed by atoms with van der Waals surface area (Å²) in [7, 11) is 1.44. The molecule has 4 nitrogen and oxygen atoms in total. The number of aromatic hydroxyl groups is 1. The van der Waals surface area contributed by atoms with Crippen molar-refractivity contribution in [3.8, 4) is 11.6 Å². The van der Waals surface area contributed by atoms with Gasteiger partial charge in [-0.1, -0.05) is 11.6 Å². The number of ketones is 1. The summed E-state index contributed by atoms with van der Waals surface area (Å²) in [6, 6.07) is 4.64. The van der Waals surface area contributed by atoms with Gasteiger partial charge in [0, 0.05) is 11.5 Å². The van der Waals surface area contributed by atoms with Crippen LogP contribution in [0.15, 0.2) is 18.2 Å². The number of carbonyl (C=O) groups excluding carboxylic acids is 1. The molecule has 0 aliphatic rings. The quantitative estimate of drug-likeness (QED) is 0.834. The van der Waals surface area contributed by atoms with Crippen LogP contribution in [0.1, 0.15) is 17.3 Å². The molecule has 1 heterocycles. The lowest BCUT2D eigenvalue weighted by Crippen LogP contribution is -2.00. The molecule has 0 spiro atoms. The van der Waals surface area contributed by atoms with Gasteiger partial charge in [-0.05, 0) is 19.1 Å². The number of fused-ring (bicyclic) bond motifs is 1. The summed E-state index contributed by atoms with van der Waals surface area (Å²) in [5, 5.41) is 10.4. The molecule has 0 bridgehead atoms. The van der Waals surface area contributed by atoms with E-state index in [4.69, 9.17) is 16.3 Å². The van der Waals surface area contributed by atoms with E-state index in [1.807, 2.05) is 0 Å². The van der Waals surface area contributed by atoms with Crippen LogP contribution >= 0.6 is 11.6 Å². The second kappa shape index (κ2) is 4.22. The molecular weight excluding hydrogens is 242 g/mol. The van der Waals surface area contributed by atoms with E-state index in [2.05, 4.69) is 4.98 Å². The molecule has 0 unspecified atom stereocenters. The van der Waals surface area contributed by atoms with Crippen molar-refractivity contribution in [3.05, 3.63) is 28.8 Å². The molecular formula is C12H10ClNO3. The summed E-state index contributed by atoms with van der Waals surface area (Å²) in [4.78, 5) is 15.6. The van der Waals surface area contributed by atoms with Gasteiger partial charge in [0.25, 0.3) is 0 Å². The minimum atomic E-state index is -0.138. The molecule has 1 aromatic carbocycles. The van der Waals surface area contributed by atoms with E-state index in [0.717, 1.165) is 0 Å². The summed E-state index contributed by atoms with van der Waals surface area (Å²) in [5.74, 6) is 0.0523. The van der Waals surface area contributed by atoms with Crippen LogP contribution in [0.2, 0.25) is 5.02 Å². The fourth-order valence-corrected chi connectivity index (χ4v) is 1.75. The molecule has 0 fully saturated rings. The average Bonchev–Trinajstić information content (AvgIpc) is 2.29. The Morgan fingerprint density at radius 1 is 1.41 bits per heavy atom. The number of benzene rings is 1. The van der Waals surface area contributed by atoms with Gasteiger partial charge >= 0.3 is 0 Å². The lowest BCUT2D eigenvalue weighted by atomic mass is 10.1. The molecule has 0 amide bonds. The Kier molecular flexibility index (Phi) is 2.90. The first kappa shape index (κ1) is 11.7. The van der Waals surface area contributed by atoms with Crippen LogP contribution in [0.3, 0.4) is 0 Å². The van der Waals surface area contributed by atoms with Gasteiger partial charge < -0.3 is 9.84 Å². The molecule has 0 radical (unpaired) electrons. The van der Waals surface area contributed by atoms with Crippen molar-refractivity contribution in [3.63, 3.8) is 0 Å². The van der Waals surface area contributed by atoms with Crippen molar-refractivity contribution >= 4 is 28.3 Å². The molecule has 0 aliphatic heterocycles. The van der Waals surface area contributed by atoms with Gasteiger partial charge in [0.05, 0.1) is 23.2 Å². The van der Waals surface area contributed by atoms with Crippen molar-refractivity contribution in [2.45, 2.75) is 6.92 Å². The van der Waals surface area contributed by atoms with Crippen molar-refractivity contribution < 1.29 is 14.6 Å². The van der Waals surface area contributed by atoms with E-state index in [1.165, 1.54) is 20.1 Å². The second-order valence-corrected chi connectivity index (χ2v) is 4.00. The van der Waals surface area contributed by atoms with E-state index in [9.17, 15) is 9.90 Å². The molecule has 0 atom stereocenters. The molecule has 0 saturated carbocycles. The summed E-state index contributed by atoms with van der Waals surface area (Å²) in [6.45, 7) is 1.44. The Balaban J connectivity index is 2.78. The minimum Gasteiger partial charge on any atom is -0.506 e. The van der Waals surface area contributed by atoms with Gasteiger partial charge in [-0.3, -0.25) is 4.79 Å². The van der Waals surface area contributed by atoms with Crippen molar-refractivity contribution in [2.75, 3.05) is 7.11 Å². The third kappa shape index (κ3) is 2.03. The average molecular weight is 252 g/mol. The number of phenols is 1.